The Kier molecular flexibility index (Phi) is 8.73. The number of thioether (sulfide) groups is 1. The maximum absolute atomic E-state index is 11.8. The van der Waals surface area contributed by atoms with Gasteiger partial charge in [0.05, 0.1) is 11.1 Å². The number of fused-ring (bicyclic) bond motifs is 1. The van der Waals surface area contributed by atoms with Gasteiger partial charge in [-0.05, 0) is 47.4 Å². The summed E-state index contributed by atoms with van der Waals surface area (Å²) in [6.07, 6.45) is -5.08. The fourth-order valence-corrected chi connectivity index (χ4v) is 5.29. The van der Waals surface area contributed by atoms with Crippen molar-refractivity contribution in [1.82, 2.24) is 14.9 Å². The van der Waals surface area contributed by atoms with Gasteiger partial charge in [-0.25, -0.2) is 19.5 Å². The van der Waals surface area contributed by atoms with Gasteiger partial charge in [0, 0.05) is 30.2 Å². The van der Waals surface area contributed by atoms with Crippen LogP contribution < -0.4 is 0 Å². The van der Waals surface area contributed by atoms with Crippen LogP contribution in [0.15, 0.2) is 60.7 Å². The van der Waals surface area contributed by atoms with Crippen molar-refractivity contribution in [3.8, 4) is 22.3 Å². The van der Waals surface area contributed by atoms with Crippen molar-refractivity contribution in [3.63, 3.8) is 0 Å². The Morgan fingerprint density at radius 3 is 2.05 bits per heavy atom. The Morgan fingerprint density at radius 1 is 0.902 bits per heavy atom. The van der Waals surface area contributed by atoms with Crippen molar-refractivity contribution >= 4 is 34.7 Å². The number of imidazole rings is 1. The van der Waals surface area contributed by atoms with E-state index in [4.69, 9.17) is 9.90 Å². The van der Waals surface area contributed by atoms with E-state index in [1.165, 1.54) is 0 Å². The van der Waals surface area contributed by atoms with E-state index >= 15 is 0 Å². The van der Waals surface area contributed by atoms with Crippen LogP contribution >= 0.6 is 11.8 Å². The third kappa shape index (κ3) is 6.88. The zero-order chi connectivity index (χ0) is 29.9. The molecule has 2 heterocycles. The number of halogens is 3. The highest BCUT2D eigenvalue weighted by Gasteiger charge is 2.38. The summed E-state index contributed by atoms with van der Waals surface area (Å²) in [6, 6.07) is 18.6. The van der Waals surface area contributed by atoms with Crippen molar-refractivity contribution in [2.45, 2.75) is 19.0 Å². The minimum Gasteiger partial charge on any atom is -0.478 e. The van der Waals surface area contributed by atoms with E-state index in [9.17, 15) is 33.3 Å². The van der Waals surface area contributed by atoms with Crippen LogP contribution in [-0.2, 0) is 10.7 Å². The molecule has 1 aliphatic heterocycles. The van der Waals surface area contributed by atoms with Crippen LogP contribution in [0.1, 0.15) is 21.7 Å². The normalized spacial score (nSPS) is 14.4. The highest BCUT2D eigenvalue weighted by atomic mass is 32.2. The number of hydrogen-bond acceptors (Lipinski definition) is 7. The van der Waals surface area contributed by atoms with Crippen LogP contribution in [0.3, 0.4) is 0 Å². The third-order valence-corrected chi connectivity index (χ3v) is 7.37. The number of benzene rings is 3. The molecular formula is C28H26F3N3O6S. The number of H-pyrrole nitrogens is 1. The van der Waals surface area contributed by atoms with Crippen LogP contribution in [0.2, 0.25) is 0 Å². The maximum atomic E-state index is 11.8. The zero-order valence-electron chi connectivity index (χ0n) is 21.6. The summed E-state index contributed by atoms with van der Waals surface area (Å²) in [4.78, 5) is 29.8. The molecule has 0 saturated carbocycles. The molecule has 0 radical (unpaired) electrons. The summed E-state index contributed by atoms with van der Waals surface area (Å²) in [5.74, 6) is -3.38. The van der Waals surface area contributed by atoms with Gasteiger partial charge in [-0.2, -0.15) is 24.9 Å². The minimum absolute atomic E-state index is 0.159. The van der Waals surface area contributed by atoms with Crippen molar-refractivity contribution in [2.75, 3.05) is 24.6 Å². The van der Waals surface area contributed by atoms with Crippen LogP contribution in [0.25, 0.3) is 33.3 Å². The van der Waals surface area contributed by atoms with E-state index in [1.54, 1.807) is 30.0 Å². The van der Waals surface area contributed by atoms with Gasteiger partial charge in [0.1, 0.15) is 11.3 Å². The predicted molar refractivity (Wildman–Crippen MR) is 147 cm³/mol. The fourth-order valence-electron chi connectivity index (χ4n) is 4.39. The summed E-state index contributed by atoms with van der Waals surface area (Å²) in [5.41, 5.74) is 5.18. The number of carboxylic acid groups (broad SMARTS) is 2. The topological polar surface area (TPSA) is 147 Å². The lowest BCUT2D eigenvalue weighted by Crippen LogP contribution is -2.49. The summed E-state index contributed by atoms with van der Waals surface area (Å²) in [6.45, 7) is 3.04. The number of hydrogen-bond donors (Lipinski definition) is 5. The molecule has 0 unspecified atom stereocenters. The number of nitrogens with one attached hydrogen (secondary N) is 1. The van der Waals surface area contributed by atoms with Gasteiger partial charge in [-0.15, -0.1) is 0 Å². The molecule has 4 aromatic rings. The number of rotatable bonds is 5. The van der Waals surface area contributed by atoms with E-state index in [2.05, 4.69) is 9.97 Å². The molecule has 0 amide bonds. The second kappa shape index (κ2) is 11.9. The highest BCUT2D eigenvalue weighted by molar-refractivity contribution is 7.99. The summed E-state index contributed by atoms with van der Waals surface area (Å²) in [5, 5.41) is 38.5. The predicted octanol–water partition coefficient (Wildman–Crippen LogP) is 4.68. The third-order valence-electron chi connectivity index (χ3n) is 6.43. The van der Waals surface area contributed by atoms with Crippen LogP contribution in [0.4, 0.5) is 13.2 Å². The summed E-state index contributed by atoms with van der Waals surface area (Å²) in [7, 11) is 0. The van der Waals surface area contributed by atoms with Gasteiger partial charge >= 0.3 is 18.1 Å². The van der Waals surface area contributed by atoms with E-state index < -0.39 is 24.0 Å². The van der Waals surface area contributed by atoms with Crippen molar-refractivity contribution in [2.24, 2.45) is 0 Å². The highest BCUT2D eigenvalue weighted by Crippen LogP contribution is 2.32. The second-order valence-electron chi connectivity index (χ2n) is 9.24. The first-order valence-electron chi connectivity index (χ1n) is 12.3. The first-order chi connectivity index (χ1) is 19.3. The van der Waals surface area contributed by atoms with Crippen molar-refractivity contribution in [1.29, 1.82) is 0 Å². The molecule has 5 N–H and O–H groups in total. The number of aryl methyl sites for hydroxylation is 1. The van der Waals surface area contributed by atoms with Gasteiger partial charge in [0.2, 0.25) is 0 Å². The fraction of sp³-hybridized carbons (Fsp3) is 0.250. The number of aromatic carboxylic acids is 1. The molecule has 5 rings (SSSR count). The zero-order valence-corrected chi connectivity index (χ0v) is 22.5. The van der Waals surface area contributed by atoms with Crippen LogP contribution in [0, 0.1) is 6.92 Å². The van der Waals surface area contributed by atoms with E-state index in [1.807, 2.05) is 54.2 Å². The summed E-state index contributed by atoms with van der Waals surface area (Å²) >= 11 is 1.81. The number of alkyl halides is 3. The van der Waals surface area contributed by atoms with Gasteiger partial charge in [-0.1, -0.05) is 42.5 Å². The molecule has 9 nitrogen and oxygen atoms in total. The SMILES string of the molecule is Cc1nc2c(C(=O)O)cc(-c3ccc(-c4cccc(C(O)(O)N5CCSCC5)c4)cc3)cc2[nH]1.O=C(O)C(F)(F)F. The Bertz CT molecular complexity index is 1560. The quantitative estimate of drug-likeness (QED) is 0.209. The first kappa shape index (κ1) is 30.1. The van der Waals surface area contributed by atoms with E-state index in [-0.39, 0.29) is 5.56 Å². The molecule has 0 bridgehead atoms. The van der Waals surface area contributed by atoms with Crippen molar-refractivity contribution < 1.29 is 43.2 Å². The second-order valence-corrected chi connectivity index (χ2v) is 10.5. The molecule has 3 aromatic carbocycles. The van der Waals surface area contributed by atoms with Gasteiger partial charge in [0.25, 0.3) is 5.91 Å². The molecule has 0 spiro atoms. The molecule has 0 aliphatic carbocycles. The molecule has 13 heteroatoms. The Hall–Kier alpha value is -3.91. The standard InChI is InChI=1S/C26H25N3O4S.C2HF3O2/c1-16-27-23-15-20(14-22(25(30)31)24(23)28-16)18-7-5-17(6-8-18)19-3-2-4-21(13-19)26(32,33)29-9-11-34-12-10-29;3-2(4,5)1(6)7/h2-8,13-15,32-33H,9-12H2,1H3,(H,27,28)(H,30,31);(H,6,7). The molecule has 0 atom stereocenters. The lowest BCUT2D eigenvalue weighted by atomic mass is 9.97. The Labute approximate surface area is 236 Å². The molecule has 1 fully saturated rings. The molecule has 1 aromatic heterocycles. The molecular weight excluding hydrogens is 563 g/mol. The Balaban J connectivity index is 0.000000493. The van der Waals surface area contributed by atoms with Crippen LogP contribution in [-0.4, -0.2) is 78.0 Å². The lowest BCUT2D eigenvalue weighted by Gasteiger charge is -2.37. The minimum atomic E-state index is -5.08. The number of carboxylic acids is 2. The smallest absolute Gasteiger partial charge is 0.478 e. The number of nitrogens with zero attached hydrogens (tertiary/aromatic N) is 2. The number of aromatic amines is 1. The molecule has 1 aliphatic rings. The van der Waals surface area contributed by atoms with Crippen LogP contribution in [0.5, 0.6) is 0 Å². The number of aliphatic hydroxyl groups is 2. The van der Waals surface area contributed by atoms with Crippen molar-refractivity contribution in [3.05, 3.63) is 77.6 Å². The Morgan fingerprint density at radius 2 is 1.49 bits per heavy atom. The largest absolute Gasteiger partial charge is 0.490 e. The van der Waals surface area contributed by atoms with Gasteiger partial charge in [0.15, 0.2) is 0 Å². The van der Waals surface area contributed by atoms with Gasteiger partial charge < -0.3 is 25.4 Å². The molecule has 1 saturated heterocycles. The first-order valence-corrected chi connectivity index (χ1v) is 13.5. The number of carbonyl (C=O) groups is 2. The number of aromatic nitrogens is 2. The van der Waals surface area contributed by atoms with E-state index in [0.29, 0.717) is 35.5 Å². The van der Waals surface area contributed by atoms with Gasteiger partial charge in [-0.3, -0.25) is 0 Å². The summed E-state index contributed by atoms with van der Waals surface area (Å²) < 4.78 is 31.7. The molecule has 216 valence electrons. The average Bonchev–Trinajstić information content (AvgIpc) is 3.33. The monoisotopic (exact) mass is 589 g/mol. The average molecular weight is 590 g/mol. The van der Waals surface area contributed by atoms with E-state index in [0.717, 1.165) is 33.8 Å². The number of aliphatic carboxylic acids is 1. The lowest BCUT2D eigenvalue weighted by molar-refractivity contribution is -0.273. The molecule has 41 heavy (non-hydrogen) atoms. The maximum Gasteiger partial charge on any atom is 0.490 e.